The highest BCUT2D eigenvalue weighted by Gasteiger charge is 2.47. The highest BCUT2D eigenvalue weighted by Crippen LogP contribution is 2.60. The molecule has 2 nitrogen and oxygen atoms in total. The molecule has 11 aromatic rings. The number of hydrogen-bond acceptors (Lipinski definition) is 2. The fourth-order valence-corrected chi connectivity index (χ4v) is 10.2. The topological polar surface area (TPSA) is 16.4 Å². The monoisotopic (exact) mass is 803 g/mol. The summed E-state index contributed by atoms with van der Waals surface area (Å²) in [6.07, 6.45) is 0. The molecule has 0 radical (unpaired) electrons. The molecule has 0 fully saturated rings. The van der Waals surface area contributed by atoms with E-state index in [1.165, 1.54) is 44.5 Å². The van der Waals surface area contributed by atoms with E-state index in [1.807, 2.05) is 12.1 Å². The summed E-state index contributed by atoms with van der Waals surface area (Å²) in [5.74, 6) is 0. The smallest absolute Gasteiger partial charge is 0.143 e. The third kappa shape index (κ3) is 5.87. The second kappa shape index (κ2) is 15.1. The van der Waals surface area contributed by atoms with Crippen LogP contribution in [0.5, 0.6) is 0 Å². The lowest BCUT2D eigenvalue weighted by Gasteiger charge is -2.34. The first kappa shape index (κ1) is 36.6. The summed E-state index contributed by atoms with van der Waals surface area (Å²) in [7, 11) is 0. The van der Waals surface area contributed by atoms with Gasteiger partial charge in [0.2, 0.25) is 0 Å². The zero-order chi connectivity index (χ0) is 41.7. The van der Waals surface area contributed by atoms with Crippen molar-refractivity contribution in [2.24, 2.45) is 0 Å². The maximum atomic E-state index is 6.52. The first-order valence-electron chi connectivity index (χ1n) is 21.7. The molecule has 0 saturated carbocycles. The van der Waals surface area contributed by atoms with Gasteiger partial charge in [-0.3, -0.25) is 0 Å². The van der Waals surface area contributed by atoms with E-state index in [2.05, 4.69) is 241 Å². The van der Waals surface area contributed by atoms with Gasteiger partial charge in [0, 0.05) is 33.2 Å². The molecule has 0 amide bonds. The van der Waals surface area contributed by atoms with E-state index in [4.69, 9.17) is 4.42 Å². The van der Waals surface area contributed by atoms with Crippen molar-refractivity contribution in [2.75, 3.05) is 4.90 Å². The fraction of sp³-hybridized carbons (Fsp3) is 0.0164. The Morgan fingerprint density at radius 2 is 0.810 bits per heavy atom. The van der Waals surface area contributed by atoms with E-state index in [1.54, 1.807) is 0 Å². The number of anilines is 3. The highest BCUT2D eigenvalue weighted by atomic mass is 16.3. The molecule has 2 heteroatoms. The van der Waals surface area contributed by atoms with E-state index in [0.717, 1.165) is 61.3 Å². The Bertz CT molecular complexity index is 3380. The molecule has 1 heterocycles. The third-order valence-corrected chi connectivity index (χ3v) is 13.0. The summed E-state index contributed by atoms with van der Waals surface area (Å²) in [5, 5.41) is 2.26. The predicted molar refractivity (Wildman–Crippen MR) is 262 cm³/mol. The number of furan rings is 1. The van der Waals surface area contributed by atoms with Crippen LogP contribution in [-0.4, -0.2) is 0 Å². The van der Waals surface area contributed by atoms with Crippen molar-refractivity contribution in [1.82, 2.24) is 0 Å². The lowest BCUT2D eigenvalue weighted by atomic mass is 9.68. The van der Waals surface area contributed by atoms with Gasteiger partial charge in [-0.2, -0.15) is 0 Å². The van der Waals surface area contributed by atoms with Gasteiger partial charge in [0.25, 0.3) is 0 Å². The standard InChI is InChI=1S/C61H41NO/c1-4-18-42(19-5-1)43-34-36-44(37-35-43)49-24-11-14-31-56(49)62(48-40-38-45(39-41-48)50-27-16-28-52-51-25-12-15-33-58(51)63-60(50)52)57-32-17-30-55-59(57)53-26-10-13-29-54(53)61(55,46-20-6-2-7-21-46)47-22-8-3-9-23-47/h1-41H. The van der Waals surface area contributed by atoms with Crippen molar-refractivity contribution in [2.45, 2.75) is 5.41 Å². The molecule has 0 N–H and O–H groups in total. The van der Waals surface area contributed by atoms with Gasteiger partial charge in [0.1, 0.15) is 11.2 Å². The Morgan fingerprint density at radius 1 is 0.317 bits per heavy atom. The van der Waals surface area contributed by atoms with Gasteiger partial charge in [-0.15, -0.1) is 0 Å². The first-order chi connectivity index (χ1) is 31.3. The van der Waals surface area contributed by atoms with Gasteiger partial charge in [-0.25, -0.2) is 0 Å². The van der Waals surface area contributed by atoms with Crippen LogP contribution in [0.4, 0.5) is 17.1 Å². The maximum Gasteiger partial charge on any atom is 0.143 e. The van der Waals surface area contributed by atoms with Crippen LogP contribution < -0.4 is 4.90 Å². The molecule has 0 bridgehead atoms. The number of nitrogens with zero attached hydrogens (tertiary/aromatic N) is 1. The van der Waals surface area contributed by atoms with Crippen molar-refractivity contribution in [3.63, 3.8) is 0 Å². The first-order valence-corrected chi connectivity index (χ1v) is 21.7. The normalized spacial score (nSPS) is 12.6. The lowest BCUT2D eigenvalue weighted by molar-refractivity contribution is 0.670. The van der Waals surface area contributed by atoms with Crippen molar-refractivity contribution in [3.05, 3.63) is 271 Å². The quantitative estimate of drug-likeness (QED) is 0.152. The molecule has 1 aliphatic carbocycles. The number of benzene rings is 10. The van der Waals surface area contributed by atoms with Crippen LogP contribution in [0, 0.1) is 0 Å². The largest absolute Gasteiger partial charge is 0.455 e. The van der Waals surface area contributed by atoms with E-state index in [0.29, 0.717) is 0 Å². The van der Waals surface area contributed by atoms with Gasteiger partial charge in [-0.1, -0.05) is 218 Å². The van der Waals surface area contributed by atoms with E-state index in [-0.39, 0.29) is 0 Å². The average molecular weight is 804 g/mol. The molecule has 1 aliphatic rings. The van der Waals surface area contributed by atoms with E-state index >= 15 is 0 Å². The molecular weight excluding hydrogens is 763 g/mol. The minimum atomic E-state index is -0.530. The molecule has 0 unspecified atom stereocenters. The van der Waals surface area contributed by atoms with Crippen LogP contribution in [0.1, 0.15) is 22.3 Å². The maximum absolute atomic E-state index is 6.52. The minimum absolute atomic E-state index is 0.530. The van der Waals surface area contributed by atoms with Crippen LogP contribution in [0.3, 0.4) is 0 Å². The molecule has 0 spiro atoms. The molecule has 0 atom stereocenters. The fourth-order valence-electron chi connectivity index (χ4n) is 10.2. The van der Waals surface area contributed by atoms with Crippen molar-refractivity contribution < 1.29 is 4.42 Å². The Labute approximate surface area is 367 Å². The summed E-state index contributed by atoms with van der Waals surface area (Å²) < 4.78 is 6.52. The van der Waals surface area contributed by atoms with Gasteiger partial charge in [0.15, 0.2) is 0 Å². The summed E-state index contributed by atoms with van der Waals surface area (Å²) in [6.45, 7) is 0. The number of para-hydroxylation sites is 3. The Balaban J connectivity index is 1.09. The molecule has 63 heavy (non-hydrogen) atoms. The van der Waals surface area contributed by atoms with Crippen LogP contribution in [0.15, 0.2) is 253 Å². The number of fused-ring (bicyclic) bond motifs is 6. The molecule has 12 rings (SSSR count). The zero-order valence-corrected chi connectivity index (χ0v) is 34.5. The summed E-state index contributed by atoms with van der Waals surface area (Å²) in [5.41, 5.74) is 18.9. The van der Waals surface area contributed by atoms with Crippen molar-refractivity contribution in [1.29, 1.82) is 0 Å². The average Bonchev–Trinajstić information content (AvgIpc) is 3.90. The second-order valence-electron chi connectivity index (χ2n) is 16.4. The predicted octanol–water partition coefficient (Wildman–Crippen LogP) is 16.4. The van der Waals surface area contributed by atoms with Gasteiger partial charge in [-0.05, 0) is 80.4 Å². The van der Waals surface area contributed by atoms with Gasteiger partial charge < -0.3 is 9.32 Å². The summed E-state index contributed by atoms with van der Waals surface area (Å²) >= 11 is 0. The van der Waals surface area contributed by atoms with Crippen LogP contribution >= 0.6 is 0 Å². The molecule has 0 aliphatic heterocycles. The summed E-state index contributed by atoms with van der Waals surface area (Å²) in [6, 6.07) is 90.2. The molecule has 0 saturated heterocycles. The zero-order valence-electron chi connectivity index (χ0n) is 34.5. The van der Waals surface area contributed by atoms with Crippen LogP contribution in [-0.2, 0) is 5.41 Å². The Kier molecular flexibility index (Phi) is 8.76. The van der Waals surface area contributed by atoms with Gasteiger partial charge >= 0.3 is 0 Å². The highest BCUT2D eigenvalue weighted by molar-refractivity contribution is 6.09. The third-order valence-electron chi connectivity index (χ3n) is 13.0. The van der Waals surface area contributed by atoms with Gasteiger partial charge in [0.05, 0.1) is 16.8 Å². The van der Waals surface area contributed by atoms with Crippen molar-refractivity contribution in [3.8, 4) is 44.5 Å². The Morgan fingerprint density at radius 3 is 1.56 bits per heavy atom. The summed E-state index contributed by atoms with van der Waals surface area (Å²) in [4.78, 5) is 2.48. The molecule has 1 aromatic heterocycles. The SMILES string of the molecule is c1ccc(-c2ccc(-c3ccccc3N(c3ccc(-c4cccc5c4oc4ccccc45)cc3)c3cccc4c3-c3ccccc3C4(c3ccccc3)c3ccccc3)cc2)cc1. The lowest BCUT2D eigenvalue weighted by Crippen LogP contribution is -2.28. The van der Waals surface area contributed by atoms with Crippen molar-refractivity contribution >= 4 is 39.0 Å². The number of hydrogen-bond donors (Lipinski definition) is 0. The van der Waals surface area contributed by atoms with E-state index in [9.17, 15) is 0 Å². The molecule has 296 valence electrons. The molecule has 10 aromatic carbocycles. The van der Waals surface area contributed by atoms with Crippen LogP contribution in [0.25, 0.3) is 66.4 Å². The second-order valence-corrected chi connectivity index (χ2v) is 16.4. The van der Waals surface area contributed by atoms with E-state index < -0.39 is 5.41 Å². The van der Waals surface area contributed by atoms with Crippen LogP contribution in [0.2, 0.25) is 0 Å². The molecular formula is C61H41NO. The number of rotatable bonds is 8. The Hall–Kier alpha value is -8.20. The minimum Gasteiger partial charge on any atom is -0.455 e.